The first-order chi connectivity index (χ1) is 9.79. The number of hydroxylamine groups is 1. The van der Waals surface area contributed by atoms with Gasteiger partial charge >= 0.3 is 12.1 Å². The summed E-state index contributed by atoms with van der Waals surface area (Å²) in [5, 5.41) is 3.02. The fraction of sp³-hybridized carbons (Fsp3) is 0.364. The lowest BCUT2D eigenvalue weighted by Gasteiger charge is -2.30. The molecule has 1 saturated heterocycles. The number of hydrogen-bond acceptors (Lipinski definition) is 6. The summed E-state index contributed by atoms with van der Waals surface area (Å²) in [6.07, 6.45) is -5.23. The van der Waals surface area contributed by atoms with Gasteiger partial charge in [-0.1, -0.05) is 6.07 Å². The summed E-state index contributed by atoms with van der Waals surface area (Å²) in [6.45, 7) is 0.558. The van der Waals surface area contributed by atoms with E-state index in [1.54, 1.807) is 0 Å². The number of halogens is 3. The van der Waals surface area contributed by atoms with Gasteiger partial charge in [0.25, 0.3) is 5.91 Å². The Kier molecular flexibility index (Phi) is 3.98. The monoisotopic (exact) mass is 304 g/mol. The SMILES string of the molecule is Nc1cccc(N(OC(=O)C(F)(F)F)C(=O)C2CNC2)n1. The van der Waals surface area contributed by atoms with Crippen LogP contribution in [0.1, 0.15) is 0 Å². The van der Waals surface area contributed by atoms with Crippen LogP contribution in [0.15, 0.2) is 18.2 Å². The van der Waals surface area contributed by atoms with Crippen LogP contribution in [0, 0.1) is 5.92 Å². The van der Waals surface area contributed by atoms with Crippen molar-refractivity contribution in [3.8, 4) is 0 Å². The third-order valence-corrected chi connectivity index (χ3v) is 2.70. The van der Waals surface area contributed by atoms with Crippen molar-refractivity contribution in [1.29, 1.82) is 0 Å². The largest absolute Gasteiger partial charge is 0.493 e. The van der Waals surface area contributed by atoms with E-state index in [1.165, 1.54) is 18.2 Å². The van der Waals surface area contributed by atoms with E-state index in [0.717, 1.165) is 0 Å². The highest BCUT2D eigenvalue weighted by atomic mass is 19.4. The number of nitrogens with zero attached hydrogens (tertiary/aromatic N) is 2. The number of rotatable bonds is 2. The fourth-order valence-electron chi connectivity index (χ4n) is 1.52. The molecule has 21 heavy (non-hydrogen) atoms. The zero-order chi connectivity index (χ0) is 15.6. The van der Waals surface area contributed by atoms with Crippen molar-refractivity contribution in [1.82, 2.24) is 10.3 Å². The van der Waals surface area contributed by atoms with Crippen LogP contribution >= 0.6 is 0 Å². The molecule has 1 amide bonds. The van der Waals surface area contributed by atoms with E-state index in [-0.39, 0.29) is 29.8 Å². The van der Waals surface area contributed by atoms with Gasteiger partial charge in [0, 0.05) is 13.1 Å². The Morgan fingerprint density at radius 1 is 1.38 bits per heavy atom. The van der Waals surface area contributed by atoms with Crippen LogP contribution in [0.4, 0.5) is 24.8 Å². The number of nitrogens with one attached hydrogen (secondary N) is 1. The van der Waals surface area contributed by atoms with Gasteiger partial charge in [0.15, 0.2) is 5.82 Å². The highest BCUT2D eigenvalue weighted by Crippen LogP contribution is 2.22. The molecule has 0 spiro atoms. The quantitative estimate of drug-likeness (QED) is 0.759. The van der Waals surface area contributed by atoms with Gasteiger partial charge in [-0.3, -0.25) is 4.79 Å². The molecule has 3 N–H and O–H groups in total. The molecule has 0 saturated carbocycles. The zero-order valence-corrected chi connectivity index (χ0v) is 10.6. The van der Waals surface area contributed by atoms with E-state index >= 15 is 0 Å². The summed E-state index contributed by atoms with van der Waals surface area (Å²) in [4.78, 5) is 30.8. The molecule has 0 radical (unpaired) electrons. The predicted molar refractivity (Wildman–Crippen MR) is 64.6 cm³/mol. The lowest BCUT2D eigenvalue weighted by atomic mass is 10.0. The van der Waals surface area contributed by atoms with Crippen LogP contribution in [0.25, 0.3) is 0 Å². The number of carbonyl (C=O) groups is 2. The summed E-state index contributed by atoms with van der Waals surface area (Å²) >= 11 is 0. The van der Waals surface area contributed by atoms with Gasteiger partial charge in [-0.15, -0.1) is 5.06 Å². The zero-order valence-electron chi connectivity index (χ0n) is 10.6. The van der Waals surface area contributed by atoms with Gasteiger partial charge < -0.3 is 15.9 Å². The Labute approximate surface area is 116 Å². The second kappa shape index (κ2) is 5.56. The molecule has 114 valence electrons. The molecular weight excluding hydrogens is 293 g/mol. The molecule has 7 nitrogen and oxygen atoms in total. The molecule has 0 bridgehead atoms. The van der Waals surface area contributed by atoms with Gasteiger partial charge in [0.2, 0.25) is 0 Å². The van der Waals surface area contributed by atoms with E-state index in [1.807, 2.05) is 0 Å². The Hall–Kier alpha value is -2.36. The second-order valence-electron chi connectivity index (χ2n) is 4.28. The number of nitrogen functional groups attached to an aromatic ring is 1. The van der Waals surface area contributed by atoms with E-state index in [0.29, 0.717) is 0 Å². The first-order valence-corrected chi connectivity index (χ1v) is 5.85. The summed E-state index contributed by atoms with van der Waals surface area (Å²) < 4.78 is 36.9. The standard InChI is InChI=1S/C11H11F3N4O3/c12-11(13,14)10(20)21-18(9(19)6-4-16-5-6)8-3-1-2-7(15)17-8/h1-3,6,16H,4-5H2,(H2,15,17). The average Bonchev–Trinajstić information content (AvgIpc) is 2.32. The van der Waals surface area contributed by atoms with Crippen LogP contribution in [0.5, 0.6) is 0 Å². The number of anilines is 2. The van der Waals surface area contributed by atoms with Gasteiger partial charge in [-0.05, 0) is 12.1 Å². The lowest BCUT2D eigenvalue weighted by Crippen LogP contribution is -2.53. The molecule has 0 unspecified atom stereocenters. The maximum absolute atomic E-state index is 12.3. The molecule has 0 aromatic carbocycles. The minimum absolute atomic E-state index is 0.0277. The summed E-state index contributed by atoms with van der Waals surface area (Å²) in [7, 11) is 0. The highest BCUT2D eigenvalue weighted by molar-refractivity contribution is 5.95. The Bertz CT molecular complexity index is 560. The number of alkyl halides is 3. The van der Waals surface area contributed by atoms with Crippen LogP contribution in [-0.4, -0.2) is 36.1 Å². The summed E-state index contributed by atoms with van der Waals surface area (Å²) in [5.41, 5.74) is 5.41. The average molecular weight is 304 g/mol. The number of carbonyl (C=O) groups excluding carboxylic acids is 2. The second-order valence-corrected chi connectivity index (χ2v) is 4.28. The third kappa shape index (κ3) is 3.40. The first kappa shape index (κ1) is 15.0. The first-order valence-electron chi connectivity index (χ1n) is 5.85. The minimum Gasteiger partial charge on any atom is -0.384 e. The van der Waals surface area contributed by atoms with Crippen LogP contribution in [0.2, 0.25) is 0 Å². The molecule has 1 aromatic heterocycles. The molecule has 2 rings (SSSR count). The fourth-order valence-corrected chi connectivity index (χ4v) is 1.52. The minimum atomic E-state index is -5.23. The summed E-state index contributed by atoms with van der Waals surface area (Å²) in [5.74, 6) is -4.21. The Balaban J connectivity index is 2.25. The molecule has 2 heterocycles. The molecule has 0 aliphatic carbocycles. The van der Waals surface area contributed by atoms with Crippen molar-refractivity contribution >= 4 is 23.5 Å². The van der Waals surface area contributed by atoms with E-state index < -0.39 is 24.0 Å². The van der Waals surface area contributed by atoms with Gasteiger partial charge in [0.1, 0.15) is 5.82 Å². The number of hydrogen-bond donors (Lipinski definition) is 2. The molecule has 1 aliphatic heterocycles. The predicted octanol–water partition coefficient (Wildman–Crippen LogP) is 0.237. The molecule has 1 aromatic rings. The summed E-state index contributed by atoms with van der Waals surface area (Å²) in [6, 6.07) is 3.96. The molecule has 1 aliphatic rings. The number of nitrogens with two attached hydrogens (primary N) is 1. The highest BCUT2D eigenvalue weighted by Gasteiger charge is 2.45. The van der Waals surface area contributed by atoms with Gasteiger partial charge in [0.05, 0.1) is 5.92 Å². The lowest BCUT2D eigenvalue weighted by molar-refractivity contribution is -0.202. The van der Waals surface area contributed by atoms with Crippen molar-refractivity contribution < 1.29 is 27.6 Å². The van der Waals surface area contributed by atoms with Crippen LogP contribution in [-0.2, 0) is 14.4 Å². The number of pyridine rings is 1. The maximum atomic E-state index is 12.3. The molecule has 10 heteroatoms. The van der Waals surface area contributed by atoms with E-state index in [9.17, 15) is 22.8 Å². The van der Waals surface area contributed by atoms with Crippen molar-refractivity contribution in [3.05, 3.63) is 18.2 Å². The smallest absolute Gasteiger partial charge is 0.384 e. The van der Waals surface area contributed by atoms with Crippen molar-refractivity contribution in [2.75, 3.05) is 23.9 Å². The van der Waals surface area contributed by atoms with Crippen LogP contribution < -0.4 is 16.1 Å². The normalized spacial score (nSPS) is 15.2. The van der Waals surface area contributed by atoms with Crippen molar-refractivity contribution in [3.63, 3.8) is 0 Å². The van der Waals surface area contributed by atoms with Crippen molar-refractivity contribution in [2.45, 2.75) is 6.18 Å². The van der Waals surface area contributed by atoms with Gasteiger partial charge in [-0.2, -0.15) is 13.2 Å². The number of amides is 1. The van der Waals surface area contributed by atoms with E-state index in [2.05, 4.69) is 15.1 Å². The number of aromatic nitrogens is 1. The molecule has 1 fully saturated rings. The Morgan fingerprint density at radius 2 is 2.05 bits per heavy atom. The topological polar surface area (TPSA) is 97.5 Å². The molecule has 0 atom stereocenters. The molecular formula is C11H11F3N4O3. The third-order valence-electron chi connectivity index (χ3n) is 2.70. The van der Waals surface area contributed by atoms with Gasteiger partial charge in [-0.25, -0.2) is 9.78 Å². The maximum Gasteiger partial charge on any atom is 0.493 e. The van der Waals surface area contributed by atoms with Crippen LogP contribution in [0.3, 0.4) is 0 Å². The van der Waals surface area contributed by atoms with Crippen molar-refractivity contribution in [2.24, 2.45) is 5.92 Å². The Morgan fingerprint density at radius 3 is 2.52 bits per heavy atom. The van der Waals surface area contributed by atoms with E-state index in [4.69, 9.17) is 5.73 Å².